The van der Waals surface area contributed by atoms with E-state index >= 15 is 0 Å². The fourth-order valence-corrected chi connectivity index (χ4v) is 4.83. The number of ketones is 1. The molecule has 30 heavy (non-hydrogen) atoms. The van der Waals surface area contributed by atoms with Gasteiger partial charge in [0, 0.05) is 16.1 Å². The number of aryl methyl sites for hydroxylation is 2. The highest BCUT2D eigenvalue weighted by Gasteiger charge is 2.47. The molecule has 1 aliphatic rings. The molecule has 1 N–H and O–H groups in total. The van der Waals surface area contributed by atoms with E-state index in [1.165, 1.54) is 22.3 Å². The first-order chi connectivity index (χ1) is 14.3. The number of benzene rings is 2. The standard InChI is InChI=1S/C23H17Cl2NO3S/c1-12-8-13(2)10-15(9-12)26-20(18-4-3-7-30-18)19(22(28)23(26)29)21(27)14-5-6-16(24)17(25)11-14/h3-11,20,27H,1-2H3/b21-19-. The Kier molecular flexibility index (Phi) is 5.45. The number of aliphatic hydroxyl groups is 1. The molecule has 0 spiro atoms. The molecule has 1 fully saturated rings. The maximum absolute atomic E-state index is 13.1. The average Bonchev–Trinajstić information content (AvgIpc) is 3.30. The smallest absolute Gasteiger partial charge is 0.300 e. The van der Waals surface area contributed by atoms with Crippen LogP contribution in [0.3, 0.4) is 0 Å². The number of rotatable bonds is 3. The molecule has 152 valence electrons. The van der Waals surface area contributed by atoms with Gasteiger partial charge in [0.1, 0.15) is 11.8 Å². The number of hydrogen-bond acceptors (Lipinski definition) is 4. The maximum Gasteiger partial charge on any atom is 0.300 e. The van der Waals surface area contributed by atoms with Crippen LogP contribution >= 0.6 is 34.5 Å². The Morgan fingerprint density at radius 3 is 2.30 bits per heavy atom. The Morgan fingerprint density at radius 1 is 1.00 bits per heavy atom. The molecule has 1 aromatic heterocycles. The van der Waals surface area contributed by atoms with E-state index in [1.54, 1.807) is 12.1 Å². The molecule has 1 saturated heterocycles. The van der Waals surface area contributed by atoms with E-state index in [0.717, 1.165) is 16.0 Å². The lowest BCUT2D eigenvalue weighted by atomic mass is 9.99. The van der Waals surface area contributed by atoms with Gasteiger partial charge in [-0.25, -0.2) is 0 Å². The maximum atomic E-state index is 13.1. The lowest BCUT2D eigenvalue weighted by Gasteiger charge is -2.25. The highest BCUT2D eigenvalue weighted by molar-refractivity contribution is 7.10. The largest absolute Gasteiger partial charge is 0.507 e. The highest BCUT2D eigenvalue weighted by atomic mass is 35.5. The SMILES string of the molecule is Cc1cc(C)cc(N2C(=O)C(=O)/C(=C(\O)c3ccc(Cl)c(Cl)c3)C2c2cccs2)c1. The molecule has 0 saturated carbocycles. The summed E-state index contributed by atoms with van der Waals surface area (Å²) in [4.78, 5) is 28.4. The third-order valence-electron chi connectivity index (χ3n) is 4.93. The number of halogens is 2. The summed E-state index contributed by atoms with van der Waals surface area (Å²) in [6.07, 6.45) is 0. The van der Waals surface area contributed by atoms with Crippen molar-refractivity contribution in [1.82, 2.24) is 0 Å². The van der Waals surface area contributed by atoms with Crippen molar-refractivity contribution in [2.75, 3.05) is 4.90 Å². The minimum Gasteiger partial charge on any atom is -0.507 e. The van der Waals surface area contributed by atoms with Crippen molar-refractivity contribution in [3.8, 4) is 0 Å². The monoisotopic (exact) mass is 457 g/mol. The van der Waals surface area contributed by atoms with E-state index in [0.29, 0.717) is 16.3 Å². The van der Waals surface area contributed by atoms with Crippen LogP contribution in [0.25, 0.3) is 5.76 Å². The minimum atomic E-state index is -0.740. The molecular weight excluding hydrogens is 441 g/mol. The molecule has 4 nitrogen and oxygen atoms in total. The van der Waals surface area contributed by atoms with Gasteiger partial charge in [0.15, 0.2) is 0 Å². The Balaban J connectivity index is 1.95. The first kappa shape index (κ1) is 20.7. The van der Waals surface area contributed by atoms with Crippen molar-refractivity contribution in [3.05, 3.63) is 91.1 Å². The van der Waals surface area contributed by atoms with Crippen LogP contribution in [0.1, 0.15) is 27.6 Å². The van der Waals surface area contributed by atoms with Crippen LogP contribution in [0.4, 0.5) is 5.69 Å². The topological polar surface area (TPSA) is 57.6 Å². The van der Waals surface area contributed by atoms with Gasteiger partial charge in [-0.05, 0) is 66.8 Å². The van der Waals surface area contributed by atoms with Crippen molar-refractivity contribution in [3.63, 3.8) is 0 Å². The summed E-state index contributed by atoms with van der Waals surface area (Å²) in [6, 6.07) is 13.3. The highest BCUT2D eigenvalue weighted by Crippen LogP contribution is 2.44. The van der Waals surface area contributed by atoms with Crippen molar-refractivity contribution >= 4 is 57.7 Å². The van der Waals surface area contributed by atoms with Gasteiger partial charge in [0.05, 0.1) is 15.6 Å². The summed E-state index contributed by atoms with van der Waals surface area (Å²) in [5.41, 5.74) is 2.91. The fraction of sp³-hybridized carbons (Fsp3) is 0.130. The van der Waals surface area contributed by atoms with Crippen molar-refractivity contribution in [2.24, 2.45) is 0 Å². The molecule has 0 bridgehead atoms. The van der Waals surface area contributed by atoms with Gasteiger partial charge in [0.2, 0.25) is 0 Å². The number of hydrogen-bond donors (Lipinski definition) is 1. The molecule has 0 aliphatic carbocycles. The van der Waals surface area contributed by atoms with Crippen LogP contribution in [0.2, 0.25) is 10.0 Å². The van der Waals surface area contributed by atoms with E-state index in [9.17, 15) is 14.7 Å². The van der Waals surface area contributed by atoms with Crippen LogP contribution < -0.4 is 4.90 Å². The number of carbonyl (C=O) groups excluding carboxylic acids is 2. The summed E-state index contributed by atoms with van der Waals surface area (Å²) in [5.74, 6) is -1.70. The number of Topliss-reactive ketones (excluding diaryl/α,β-unsaturated/α-hetero) is 1. The molecule has 1 atom stereocenters. The van der Waals surface area contributed by atoms with Gasteiger partial charge in [-0.15, -0.1) is 11.3 Å². The van der Waals surface area contributed by atoms with Gasteiger partial charge in [-0.3, -0.25) is 14.5 Å². The molecule has 4 rings (SSSR count). The Hall–Kier alpha value is -2.60. The molecule has 1 amide bonds. The predicted octanol–water partition coefficient (Wildman–Crippen LogP) is 6.30. The van der Waals surface area contributed by atoms with Gasteiger partial charge >= 0.3 is 0 Å². The summed E-state index contributed by atoms with van der Waals surface area (Å²) in [5, 5.41) is 13.5. The van der Waals surface area contributed by atoms with Crippen LogP contribution in [0.15, 0.2) is 59.5 Å². The number of carbonyl (C=O) groups is 2. The van der Waals surface area contributed by atoms with Gasteiger partial charge in [-0.2, -0.15) is 0 Å². The van der Waals surface area contributed by atoms with Crippen LogP contribution in [0, 0.1) is 13.8 Å². The Labute approximate surface area is 188 Å². The van der Waals surface area contributed by atoms with Crippen LogP contribution in [-0.4, -0.2) is 16.8 Å². The average molecular weight is 458 g/mol. The van der Waals surface area contributed by atoms with E-state index in [-0.39, 0.29) is 16.4 Å². The van der Waals surface area contributed by atoms with Crippen molar-refractivity contribution in [2.45, 2.75) is 19.9 Å². The second-order valence-electron chi connectivity index (χ2n) is 7.16. The first-order valence-electron chi connectivity index (χ1n) is 9.16. The summed E-state index contributed by atoms with van der Waals surface area (Å²) >= 11 is 13.5. The number of nitrogens with zero attached hydrogens (tertiary/aromatic N) is 1. The zero-order valence-electron chi connectivity index (χ0n) is 16.1. The molecule has 7 heteroatoms. The van der Waals surface area contributed by atoms with Gasteiger partial charge in [0.25, 0.3) is 11.7 Å². The second-order valence-corrected chi connectivity index (χ2v) is 8.95. The first-order valence-corrected chi connectivity index (χ1v) is 10.8. The number of amides is 1. The molecule has 2 heterocycles. The normalized spacial score (nSPS) is 18.3. The van der Waals surface area contributed by atoms with Gasteiger partial charge in [-0.1, -0.05) is 35.3 Å². The van der Waals surface area contributed by atoms with Crippen LogP contribution in [0.5, 0.6) is 0 Å². The number of aliphatic hydroxyl groups excluding tert-OH is 1. The van der Waals surface area contributed by atoms with Crippen molar-refractivity contribution < 1.29 is 14.7 Å². The number of thiophene rings is 1. The van der Waals surface area contributed by atoms with E-state index in [2.05, 4.69) is 0 Å². The zero-order valence-corrected chi connectivity index (χ0v) is 18.5. The lowest BCUT2D eigenvalue weighted by molar-refractivity contribution is -0.132. The van der Waals surface area contributed by atoms with E-state index < -0.39 is 17.7 Å². The molecule has 2 aromatic carbocycles. The molecule has 0 radical (unpaired) electrons. The summed E-state index contributed by atoms with van der Waals surface area (Å²) in [6.45, 7) is 3.87. The molecule has 3 aromatic rings. The quantitative estimate of drug-likeness (QED) is 0.285. The third-order valence-corrected chi connectivity index (χ3v) is 6.60. The Bertz CT molecular complexity index is 1180. The molecule has 1 aliphatic heterocycles. The third kappa shape index (κ3) is 3.54. The molecular formula is C23H17Cl2NO3S. The summed E-state index contributed by atoms with van der Waals surface area (Å²) in [7, 11) is 0. The second kappa shape index (κ2) is 7.91. The van der Waals surface area contributed by atoms with Gasteiger partial charge < -0.3 is 5.11 Å². The Morgan fingerprint density at radius 2 is 1.70 bits per heavy atom. The van der Waals surface area contributed by atoms with Crippen molar-refractivity contribution in [1.29, 1.82) is 0 Å². The zero-order chi connectivity index (χ0) is 21.6. The fourth-order valence-electron chi connectivity index (χ4n) is 3.70. The lowest BCUT2D eigenvalue weighted by Crippen LogP contribution is -2.29. The minimum absolute atomic E-state index is 0.0278. The predicted molar refractivity (Wildman–Crippen MR) is 121 cm³/mol. The van der Waals surface area contributed by atoms with E-state index in [4.69, 9.17) is 23.2 Å². The molecule has 1 unspecified atom stereocenters. The summed E-state index contributed by atoms with van der Waals surface area (Å²) < 4.78 is 0. The van der Waals surface area contributed by atoms with E-state index in [1.807, 2.05) is 49.6 Å². The number of anilines is 1. The van der Waals surface area contributed by atoms with Crippen LogP contribution in [-0.2, 0) is 9.59 Å².